The number of sulfonamides is 1. The number of benzene rings is 2. The maximum Gasteiger partial charge on any atom is 0.264 e. The number of aryl methyl sites for hydroxylation is 1. The van der Waals surface area contributed by atoms with E-state index in [4.69, 9.17) is 4.74 Å². The highest BCUT2D eigenvalue weighted by Crippen LogP contribution is 2.23. The van der Waals surface area contributed by atoms with Gasteiger partial charge in [-0.2, -0.15) is 0 Å². The predicted octanol–water partition coefficient (Wildman–Crippen LogP) is 2.04. The highest BCUT2D eigenvalue weighted by molar-refractivity contribution is 7.92. The van der Waals surface area contributed by atoms with Crippen LogP contribution in [-0.4, -0.2) is 66.0 Å². The summed E-state index contributed by atoms with van der Waals surface area (Å²) in [7, 11) is 0.886. The van der Waals surface area contributed by atoms with E-state index in [1.54, 1.807) is 62.7 Å². The van der Waals surface area contributed by atoms with Crippen molar-refractivity contribution in [2.45, 2.75) is 18.2 Å². The number of nitrogens with zero attached hydrogens (tertiary/aromatic N) is 2. The molecule has 0 saturated heterocycles. The summed E-state index contributed by atoms with van der Waals surface area (Å²) in [5.74, 6) is -0.588. The van der Waals surface area contributed by atoms with E-state index in [0.29, 0.717) is 30.8 Å². The highest BCUT2D eigenvalue weighted by Gasteiger charge is 2.22. The summed E-state index contributed by atoms with van der Waals surface area (Å²) in [6.45, 7) is 2.84. The van der Waals surface area contributed by atoms with Crippen molar-refractivity contribution in [2.24, 2.45) is 0 Å². The topological polar surface area (TPSA) is 96.0 Å². The molecule has 2 aromatic carbocycles. The number of carbonyl (C=O) groups is 2. The molecule has 168 valence electrons. The van der Waals surface area contributed by atoms with E-state index in [9.17, 15) is 18.0 Å². The van der Waals surface area contributed by atoms with Crippen molar-refractivity contribution in [3.8, 4) is 0 Å². The van der Waals surface area contributed by atoms with Crippen molar-refractivity contribution < 1.29 is 22.7 Å². The lowest BCUT2D eigenvalue weighted by Crippen LogP contribution is -2.38. The van der Waals surface area contributed by atoms with E-state index in [0.717, 1.165) is 5.56 Å². The average Bonchev–Trinajstić information content (AvgIpc) is 2.76. The minimum Gasteiger partial charge on any atom is -0.385 e. The summed E-state index contributed by atoms with van der Waals surface area (Å²) < 4.78 is 31.7. The maximum absolute atomic E-state index is 12.8. The van der Waals surface area contributed by atoms with Gasteiger partial charge in [0.25, 0.3) is 15.9 Å². The SMILES string of the molecule is COCCCNC(=O)CN(C)C(=O)c1ccc(N(C)S(=O)(=O)c2ccc(C)cc2)cc1. The van der Waals surface area contributed by atoms with Crippen molar-refractivity contribution in [1.29, 1.82) is 0 Å². The molecule has 0 aliphatic heterocycles. The molecule has 8 nitrogen and oxygen atoms in total. The molecule has 1 N–H and O–H groups in total. The largest absolute Gasteiger partial charge is 0.385 e. The smallest absolute Gasteiger partial charge is 0.264 e. The fraction of sp³-hybridized carbons (Fsp3) is 0.364. The van der Waals surface area contributed by atoms with Crippen molar-refractivity contribution in [3.63, 3.8) is 0 Å². The van der Waals surface area contributed by atoms with E-state index < -0.39 is 10.0 Å². The lowest BCUT2D eigenvalue weighted by atomic mass is 10.2. The Kier molecular flexibility index (Phi) is 8.58. The van der Waals surface area contributed by atoms with Gasteiger partial charge in [0.1, 0.15) is 0 Å². The molecule has 0 aromatic heterocycles. The lowest BCUT2D eigenvalue weighted by molar-refractivity contribution is -0.121. The van der Waals surface area contributed by atoms with Crippen molar-refractivity contribution in [2.75, 3.05) is 45.2 Å². The predicted molar refractivity (Wildman–Crippen MR) is 120 cm³/mol. The molecule has 2 amide bonds. The van der Waals surface area contributed by atoms with Gasteiger partial charge < -0.3 is 15.0 Å². The zero-order valence-corrected chi connectivity index (χ0v) is 19.1. The van der Waals surface area contributed by atoms with Gasteiger partial charge in [-0.25, -0.2) is 8.42 Å². The number of ether oxygens (including phenoxy) is 1. The van der Waals surface area contributed by atoms with Gasteiger partial charge in [0.05, 0.1) is 17.1 Å². The molecule has 0 aliphatic rings. The molecule has 2 rings (SSSR count). The molecule has 0 unspecified atom stereocenters. The monoisotopic (exact) mass is 447 g/mol. The van der Waals surface area contributed by atoms with Crippen LogP contribution in [0.25, 0.3) is 0 Å². The second kappa shape index (κ2) is 10.9. The molecular formula is C22H29N3O5S. The molecule has 0 aliphatic carbocycles. The van der Waals surface area contributed by atoms with Crippen LogP contribution < -0.4 is 9.62 Å². The molecule has 0 spiro atoms. The molecular weight excluding hydrogens is 418 g/mol. The molecule has 0 atom stereocenters. The molecule has 0 heterocycles. The van der Waals surface area contributed by atoms with Gasteiger partial charge >= 0.3 is 0 Å². The third kappa shape index (κ3) is 6.53. The van der Waals surface area contributed by atoms with Crippen molar-refractivity contribution in [1.82, 2.24) is 10.2 Å². The molecule has 9 heteroatoms. The summed E-state index contributed by atoms with van der Waals surface area (Å²) in [5, 5.41) is 2.73. The van der Waals surface area contributed by atoms with Gasteiger partial charge in [0, 0.05) is 39.9 Å². The number of hydrogen-bond donors (Lipinski definition) is 1. The number of carbonyl (C=O) groups excluding carboxylic acids is 2. The minimum absolute atomic E-state index is 0.0741. The van der Waals surface area contributed by atoms with Crippen LogP contribution in [-0.2, 0) is 19.6 Å². The van der Waals surface area contributed by atoms with Crippen LogP contribution in [0.4, 0.5) is 5.69 Å². The van der Waals surface area contributed by atoms with Gasteiger partial charge in [-0.15, -0.1) is 0 Å². The zero-order valence-electron chi connectivity index (χ0n) is 18.3. The van der Waals surface area contributed by atoms with Crippen LogP contribution in [0.5, 0.6) is 0 Å². The number of amides is 2. The van der Waals surface area contributed by atoms with Crippen LogP contribution in [0.2, 0.25) is 0 Å². The third-order valence-corrected chi connectivity index (χ3v) is 6.53. The molecule has 2 aromatic rings. The van der Waals surface area contributed by atoms with Crippen LogP contribution in [0.15, 0.2) is 53.4 Å². The first-order chi connectivity index (χ1) is 14.7. The number of nitrogens with one attached hydrogen (secondary N) is 1. The molecule has 31 heavy (non-hydrogen) atoms. The minimum atomic E-state index is -3.71. The Bertz CT molecular complexity index is 989. The molecule has 0 bridgehead atoms. The number of rotatable bonds is 10. The zero-order chi connectivity index (χ0) is 23.0. The number of methoxy groups -OCH3 is 1. The van der Waals surface area contributed by atoms with E-state index in [-0.39, 0.29) is 23.3 Å². The van der Waals surface area contributed by atoms with Crippen molar-refractivity contribution in [3.05, 3.63) is 59.7 Å². The van der Waals surface area contributed by atoms with E-state index >= 15 is 0 Å². The summed E-state index contributed by atoms with van der Waals surface area (Å²) in [5.41, 5.74) is 1.76. The Morgan fingerprint density at radius 2 is 1.61 bits per heavy atom. The summed E-state index contributed by atoms with van der Waals surface area (Å²) >= 11 is 0. The third-order valence-electron chi connectivity index (χ3n) is 4.73. The normalized spacial score (nSPS) is 11.1. The lowest BCUT2D eigenvalue weighted by Gasteiger charge is -2.21. The van der Waals surface area contributed by atoms with Crippen LogP contribution >= 0.6 is 0 Å². The van der Waals surface area contributed by atoms with Gasteiger partial charge in [0.15, 0.2) is 0 Å². The number of anilines is 1. The number of likely N-dealkylation sites (N-methyl/N-ethyl adjacent to an activating group) is 1. The van der Waals surface area contributed by atoms with Crippen molar-refractivity contribution >= 4 is 27.5 Å². The quantitative estimate of drug-likeness (QED) is 0.563. The van der Waals surface area contributed by atoms with E-state index in [1.165, 1.54) is 16.3 Å². The maximum atomic E-state index is 12.8. The fourth-order valence-corrected chi connectivity index (χ4v) is 4.02. The summed E-state index contributed by atoms with van der Waals surface area (Å²) in [6.07, 6.45) is 0.695. The van der Waals surface area contributed by atoms with Gasteiger partial charge in [0.2, 0.25) is 5.91 Å². The first kappa shape index (κ1) is 24.4. The molecule has 0 radical (unpaired) electrons. The standard InChI is InChI=1S/C22H29N3O5S/c1-17-6-12-20(13-7-17)31(28,29)25(3)19-10-8-18(9-11-19)22(27)24(2)16-21(26)23-14-5-15-30-4/h6-13H,5,14-16H2,1-4H3,(H,23,26). The van der Waals surface area contributed by atoms with Crippen LogP contribution in [0.3, 0.4) is 0 Å². The Hall–Kier alpha value is -2.91. The number of hydrogen-bond acceptors (Lipinski definition) is 5. The fourth-order valence-electron chi connectivity index (χ4n) is 2.83. The van der Waals surface area contributed by atoms with Gasteiger partial charge in [-0.05, 0) is 49.7 Å². The van der Waals surface area contributed by atoms with Gasteiger partial charge in [-0.1, -0.05) is 17.7 Å². The second-order valence-corrected chi connectivity index (χ2v) is 9.16. The second-order valence-electron chi connectivity index (χ2n) is 7.19. The van der Waals surface area contributed by atoms with Gasteiger partial charge in [-0.3, -0.25) is 13.9 Å². The molecule has 0 fully saturated rings. The Morgan fingerprint density at radius 3 is 2.19 bits per heavy atom. The highest BCUT2D eigenvalue weighted by atomic mass is 32.2. The first-order valence-electron chi connectivity index (χ1n) is 9.83. The average molecular weight is 448 g/mol. The van der Waals surface area contributed by atoms with Crippen LogP contribution in [0.1, 0.15) is 22.3 Å². The Balaban J connectivity index is 2.02. The molecule has 0 saturated carbocycles. The Labute approximate surface area is 183 Å². The Morgan fingerprint density at radius 1 is 1.00 bits per heavy atom. The van der Waals surface area contributed by atoms with E-state index in [2.05, 4.69) is 5.32 Å². The summed E-state index contributed by atoms with van der Waals surface area (Å²) in [4.78, 5) is 26.0. The summed E-state index contributed by atoms with van der Waals surface area (Å²) in [6, 6.07) is 12.8. The first-order valence-corrected chi connectivity index (χ1v) is 11.3. The van der Waals surface area contributed by atoms with E-state index in [1.807, 2.05) is 6.92 Å². The van der Waals surface area contributed by atoms with Crippen LogP contribution in [0, 0.1) is 6.92 Å².